The second-order valence-corrected chi connectivity index (χ2v) is 10.9. The number of benzene rings is 2. The van der Waals surface area contributed by atoms with Gasteiger partial charge in [0.1, 0.15) is 11.3 Å². The molecule has 1 saturated heterocycles. The molecule has 1 aliphatic rings. The average molecular weight is 594 g/mol. The van der Waals surface area contributed by atoms with Crippen LogP contribution in [0, 0.1) is 13.8 Å². The molecule has 1 aliphatic heterocycles. The highest BCUT2D eigenvalue weighted by atomic mass is 35.5. The van der Waals surface area contributed by atoms with Gasteiger partial charge in [-0.1, -0.05) is 48.0 Å². The quantitative estimate of drug-likeness (QED) is 0.187. The number of carbonyl (C=O) groups excluding carboxylic acids is 1. The Bertz CT molecular complexity index is 1830. The van der Waals surface area contributed by atoms with Gasteiger partial charge in [-0.3, -0.25) is 9.78 Å². The van der Waals surface area contributed by atoms with Gasteiger partial charge in [0.05, 0.1) is 23.3 Å². The number of amides is 1. The first kappa shape index (κ1) is 28.5. The highest BCUT2D eigenvalue weighted by Crippen LogP contribution is 2.40. The first-order chi connectivity index (χ1) is 20.9. The van der Waals surface area contributed by atoms with Crippen LogP contribution in [0.5, 0.6) is 5.88 Å². The van der Waals surface area contributed by atoms with E-state index in [1.807, 2.05) is 61.5 Å². The molecular weight excluding hydrogens is 562 g/mol. The zero-order chi connectivity index (χ0) is 29.9. The molecular formula is C33H32ClN7O2. The number of carbonyl (C=O) groups is 1. The van der Waals surface area contributed by atoms with Crippen molar-refractivity contribution in [2.24, 2.45) is 0 Å². The van der Waals surface area contributed by atoms with Gasteiger partial charge in [0.25, 0.3) is 0 Å². The van der Waals surface area contributed by atoms with Gasteiger partial charge in [-0.2, -0.15) is 0 Å². The van der Waals surface area contributed by atoms with Gasteiger partial charge in [0, 0.05) is 54.1 Å². The maximum absolute atomic E-state index is 11.5. The molecule has 4 heterocycles. The summed E-state index contributed by atoms with van der Waals surface area (Å²) in [5.41, 5.74) is 7.76. The van der Waals surface area contributed by atoms with Gasteiger partial charge in [-0.15, -0.1) is 0 Å². The number of halogens is 1. The van der Waals surface area contributed by atoms with Gasteiger partial charge in [-0.25, -0.2) is 15.0 Å². The number of methoxy groups -OCH3 is 1. The van der Waals surface area contributed by atoms with Crippen molar-refractivity contribution in [1.82, 2.24) is 30.6 Å². The first-order valence-electron chi connectivity index (χ1n) is 14.2. The first-order valence-corrected chi connectivity index (χ1v) is 14.6. The summed E-state index contributed by atoms with van der Waals surface area (Å²) < 4.78 is 5.64. The number of hydrogen-bond acceptors (Lipinski definition) is 8. The van der Waals surface area contributed by atoms with Crippen molar-refractivity contribution in [1.29, 1.82) is 0 Å². The maximum atomic E-state index is 11.5. The SMILES string of the molecule is COc1nc(-c2cccc(-c3cccc(Nc4nc(C)nc5cccnc45)c3C)c2Cl)ccc1CNCC1CCC(=O)N1. The maximum Gasteiger partial charge on any atom is 0.220 e. The molecule has 6 rings (SSSR count). The Morgan fingerprint density at radius 2 is 1.79 bits per heavy atom. The number of pyridine rings is 2. The fraction of sp³-hybridized carbons (Fsp3) is 0.242. The second kappa shape index (κ2) is 12.3. The third-order valence-electron chi connectivity index (χ3n) is 7.64. The Hall–Kier alpha value is -4.60. The normalized spacial score (nSPS) is 14.6. The molecule has 1 fully saturated rings. The van der Waals surface area contributed by atoms with E-state index in [0.717, 1.165) is 51.1 Å². The van der Waals surface area contributed by atoms with Crippen LogP contribution in [0.2, 0.25) is 5.02 Å². The van der Waals surface area contributed by atoms with Crippen molar-refractivity contribution in [3.05, 3.63) is 88.8 Å². The van der Waals surface area contributed by atoms with Crippen LogP contribution in [0.25, 0.3) is 33.4 Å². The van der Waals surface area contributed by atoms with Crippen LogP contribution in [0.15, 0.2) is 66.9 Å². The molecule has 9 nitrogen and oxygen atoms in total. The van der Waals surface area contributed by atoms with Gasteiger partial charge < -0.3 is 20.7 Å². The second-order valence-electron chi connectivity index (χ2n) is 10.6. The number of anilines is 2. The summed E-state index contributed by atoms with van der Waals surface area (Å²) in [6.07, 6.45) is 3.17. The van der Waals surface area contributed by atoms with Crippen molar-refractivity contribution < 1.29 is 9.53 Å². The lowest BCUT2D eigenvalue weighted by molar-refractivity contribution is -0.119. The number of rotatable bonds is 9. The smallest absolute Gasteiger partial charge is 0.220 e. The van der Waals surface area contributed by atoms with Crippen LogP contribution in [0.3, 0.4) is 0 Å². The molecule has 3 aromatic heterocycles. The zero-order valence-corrected chi connectivity index (χ0v) is 25.0. The monoisotopic (exact) mass is 593 g/mol. The molecule has 0 saturated carbocycles. The molecule has 5 aromatic rings. The van der Waals surface area contributed by atoms with Crippen molar-refractivity contribution in [3.63, 3.8) is 0 Å². The molecule has 0 radical (unpaired) electrons. The number of fused-ring (bicyclic) bond motifs is 1. The summed E-state index contributed by atoms with van der Waals surface area (Å²) in [5.74, 6) is 1.96. The number of nitrogens with one attached hydrogen (secondary N) is 3. The summed E-state index contributed by atoms with van der Waals surface area (Å²) in [6, 6.07) is 20.0. The number of nitrogens with zero attached hydrogens (tertiary/aromatic N) is 4. The summed E-state index contributed by atoms with van der Waals surface area (Å²) in [7, 11) is 1.62. The lowest BCUT2D eigenvalue weighted by atomic mass is 9.96. The van der Waals surface area contributed by atoms with Crippen molar-refractivity contribution in [3.8, 4) is 28.3 Å². The van der Waals surface area contributed by atoms with Crippen LogP contribution in [0.4, 0.5) is 11.5 Å². The fourth-order valence-corrected chi connectivity index (χ4v) is 5.77. The Morgan fingerprint density at radius 3 is 2.60 bits per heavy atom. The summed E-state index contributed by atoms with van der Waals surface area (Å²) in [4.78, 5) is 29.9. The van der Waals surface area contributed by atoms with E-state index in [-0.39, 0.29) is 11.9 Å². The Labute approximate surface area is 255 Å². The Kier molecular flexibility index (Phi) is 8.18. The molecule has 0 aliphatic carbocycles. The Morgan fingerprint density at radius 1 is 0.977 bits per heavy atom. The minimum Gasteiger partial charge on any atom is -0.481 e. The summed E-state index contributed by atoms with van der Waals surface area (Å²) in [5, 5.41) is 10.5. The molecule has 3 N–H and O–H groups in total. The predicted octanol–water partition coefficient (Wildman–Crippen LogP) is 6.14. The number of ether oxygens (including phenoxy) is 1. The van der Waals surface area contributed by atoms with Crippen LogP contribution >= 0.6 is 11.6 Å². The van der Waals surface area contributed by atoms with Crippen LogP contribution in [0.1, 0.15) is 29.8 Å². The largest absolute Gasteiger partial charge is 0.481 e. The highest BCUT2D eigenvalue weighted by Gasteiger charge is 2.21. The lowest BCUT2D eigenvalue weighted by Crippen LogP contribution is -2.35. The summed E-state index contributed by atoms with van der Waals surface area (Å²) >= 11 is 7.09. The average Bonchev–Trinajstić information content (AvgIpc) is 3.43. The van der Waals surface area contributed by atoms with Crippen LogP contribution in [-0.2, 0) is 11.3 Å². The van der Waals surface area contributed by atoms with Crippen molar-refractivity contribution >= 4 is 40.0 Å². The van der Waals surface area contributed by atoms with E-state index in [4.69, 9.17) is 21.3 Å². The molecule has 0 bridgehead atoms. The van der Waals surface area contributed by atoms with E-state index in [2.05, 4.69) is 43.9 Å². The minimum atomic E-state index is 0.111. The van der Waals surface area contributed by atoms with E-state index in [1.54, 1.807) is 13.3 Å². The lowest BCUT2D eigenvalue weighted by Gasteiger charge is -2.17. The molecule has 218 valence electrons. The van der Waals surface area contributed by atoms with E-state index < -0.39 is 0 Å². The zero-order valence-electron chi connectivity index (χ0n) is 24.2. The van der Waals surface area contributed by atoms with E-state index in [0.29, 0.717) is 47.6 Å². The van der Waals surface area contributed by atoms with Gasteiger partial charge in [0.2, 0.25) is 11.8 Å². The van der Waals surface area contributed by atoms with Crippen molar-refractivity contribution in [2.45, 2.75) is 39.3 Å². The van der Waals surface area contributed by atoms with E-state index in [9.17, 15) is 4.79 Å². The van der Waals surface area contributed by atoms with Crippen molar-refractivity contribution in [2.75, 3.05) is 19.0 Å². The van der Waals surface area contributed by atoms with Crippen LogP contribution < -0.4 is 20.7 Å². The highest BCUT2D eigenvalue weighted by molar-refractivity contribution is 6.36. The van der Waals surface area contributed by atoms with Gasteiger partial charge >= 0.3 is 0 Å². The van der Waals surface area contributed by atoms with E-state index >= 15 is 0 Å². The molecule has 2 aromatic carbocycles. The molecule has 43 heavy (non-hydrogen) atoms. The number of aromatic nitrogens is 4. The molecule has 1 atom stereocenters. The predicted molar refractivity (Wildman–Crippen MR) is 170 cm³/mol. The third kappa shape index (κ3) is 6.00. The molecule has 1 amide bonds. The summed E-state index contributed by atoms with van der Waals surface area (Å²) in [6.45, 7) is 5.20. The van der Waals surface area contributed by atoms with Crippen LogP contribution in [-0.4, -0.2) is 45.5 Å². The number of aryl methyl sites for hydroxylation is 1. The fourth-order valence-electron chi connectivity index (χ4n) is 5.44. The van der Waals surface area contributed by atoms with Gasteiger partial charge in [0.15, 0.2) is 5.82 Å². The molecule has 0 spiro atoms. The Balaban J connectivity index is 1.27. The standard InChI is InChI=1S/C33H32ClN7O2/c1-19-23(7-5-10-26(19)40-32-31-28(11-6-16-36-31)37-20(2)38-32)24-8-4-9-25(30(24)34)27-14-12-21(33(41-27)43-3)17-35-18-22-13-15-29(42)39-22/h4-12,14,16,22,35H,13,15,17-18H2,1-3H3,(H,39,42)(H,37,38,40). The number of hydrogen-bond donors (Lipinski definition) is 3. The third-order valence-corrected chi connectivity index (χ3v) is 8.05. The van der Waals surface area contributed by atoms with Gasteiger partial charge in [-0.05, 0) is 55.7 Å². The molecule has 1 unspecified atom stereocenters. The minimum absolute atomic E-state index is 0.111. The topological polar surface area (TPSA) is 114 Å². The van der Waals surface area contributed by atoms with E-state index in [1.165, 1.54) is 0 Å². The molecule has 10 heteroatoms.